The molecule has 0 N–H and O–H groups in total. The van der Waals surface area contributed by atoms with Crippen LogP contribution in [0.4, 0.5) is 0 Å². The Balaban J connectivity index is 3.11. The number of hydrogen-bond donors (Lipinski definition) is 0. The van der Waals surface area contributed by atoms with Gasteiger partial charge < -0.3 is 0 Å². The first-order chi connectivity index (χ1) is 8.51. The van der Waals surface area contributed by atoms with E-state index in [1.165, 1.54) is 0 Å². The molecule has 0 spiro atoms. The van der Waals surface area contributed by atoms with Crippen LogP contribution in [0.15, 0.2) is 16.6 Å². The molecule has 0 bridgehead atoms. The molecule has 0 aliphatic carbocycles. The van der Waals surface area contributed by atoms with E-state index >= 15 is 0 Å². The number of halogens is 2. The molecule has 0 aliphatic heterocycles. The van der Waals surface area contributed by atoms with Crippen molar-refractivity contribution in [2.75, 3.05) is 0 Å². The topological polar surface area (TPSA) is 34.1 Å². The molecule has 0 fully saturated rings. The van der Waals surface area contributed by atoms with Gasteiger partial charge in [-0.15, -0.1) is 0 Å². The SMILES string of the molecule is CCCC(=O)c1cc(Br)c(C(=O)CCC)cc1Cl. The van der Waals surface area contributed by atoms with Crippen LogP contribution in [0.2, 0.25) is 5.02 Å². The van der Waals surface area contributed by atoms with Crippen LogP contribution in [-0.4, -0.2) is 11.6 Å². The molecule has 1 aromatic rings. The van der Waals surface area contributed by atoms with Gasteiger partial charge in [-0.3, -0.25) is 9.59 Å². The minimum Gasteiger partial charge on any atom is -0.294 e. The van der Waals surface area contributed by atoms with Crippen LogP contribution in [0.25, 0.3) is 0 Å². The minimum atomic E-state index is 0.0118. The van der Waals surface area contributed by atoms with Crippen LogP contribution in [0.3, 0.4) is 0 Å². The standard InChI is InChI=1S/C14H16BrClO2/c1-3-5-13(17)9-8-12(16)10(7-11(9)15)14(18)6-4-2/h7-8H,3-6H2,1-2H3. The molecular weight excluding hydrogens is 316 g/mol. The summed E-state index contributed by atoms with van der Waals surface area (Å²) in [6, 6.07) is 3.25. The highest BCUT2D eigenvalue weighted by Gasteiger charge is 2.16. The van der Waals surface area contributed by atoms with Crippen LogP contribution in [-0.2, 0) is 0 Å². The maximum Gasteiger partial charge on any atom is 0.164 e. The molecule has 1 aromatic carbocycles. The summed E-state index contributed by atoms with van der Waals surface area (Å²) < 4.78 is 0.643. The molecule has 0 atom stereocenters. The fourth-order valence-corrected chi connectivity index (χ4v) is 2.53. The van der Waals surface area contributed by atoms with E-state index in [-0.39, 0.29) is 11.6 Å². The predicted molar refractivity (Wildman–Crippen MR) is 77.6 cm³/mol. The highest BCUT2D eigenvalue weighted by atomic mass is 79.9. The maximum atomic E-state index is 11.9. The van der Waals surface area contributed by atoms with Crippen LogP contribution < -0.4 is 0 Å². The molecule has 0 unspecified atom stereocenters. The van der Waals surface area contributed by atoms with Gasteiger partial charge in [-0.05, 0) is 25.0 Å². The van der Waals surface area contributed by atoms with Gasteiger partial charge in [-0.1, -0.05) is 41.4 Å². The molecule has 98 valence electrons. The van der Waals surface area contributed by atoms with Crippen molar-refractivity contribution in [1.29, 1.82) is 0 Å². The zero-order chi connectivity index (χ0) is 13.7. The zero-order valence-corrected chi connectivity index (χ0v) is 12.9. The summed E-state index contributed by atoms with van der Waals surface area (Å²) in [5, 5.41) is 0.358. The molecule has 4 heteroatoms. The smallest absolute Gasteiger partial charge is 0.164 e. The van der Waals surface area contributed by atoms with Gasteiger partial charge in [0.05, 0.1) is 5.02 Å². The number of carbonyl (C=O) groups excluding carboxylic acids is 2. The number of hydrogen-bond acceptors (Lipinski definition) is 2. The van der Waals surface area contributed by atoms with E-state index in [0.29, 0.717) is 33.5 Å². The lowest BCUT2D eigenvalue weighted by molar-refractivity contribution is 0.0969. The Morgan fingerprint density at radius 2 is 1.56 bits per heavy atom. The largest absolute Gasteiger partial charge is 0.294 e. The van der Waals surface area contributed by atoms with Crippen LogP contribution in [0.1, 0.15) is 60.2 Å². The molecule has 0 saturated carbocycles. The van der Waals surface area contributed by atoms with Gasteiger partial charge in [0.2, 0.25) is 0 Å². The second kappa shape index (κ2) is 7.05. The Kier molecular flexibility index (Phi) is 6.03. The number of Topliss-reactive ketones (excluding diaryl/α,β-unsaturated/α-hetero) is 2. The van der Waals surface area contributed by atoms with Gasteiger partial charge in [0.25, 0.3) is 0 Å². The van der Waals surface area contributed by atoms with Crippen LogP contribution in [0.5, 0.6) is 0 Å². The van der Waals surface area contributed by atoms with E-state index in [0.717, 1.165) is 12.8 Å². The Morgan fingerprint density at radius 3 is 2.06 bits per heavy atom. The second-order valence-electron chi connectivity index (χ2n) is 4.16. The van der Waals surface area contributed by atoms with E-state index in [9.17, 15) is 9.59 Å². The van der Waals surface area contributed by atoms with Gasteiger partial charge in [-0.2, -0.15) is 0 Å². The van der Waals surface area contributed by atoms with E-state index in [4.69, 9.17) is 11.6 Å². The normalized spacial score (nSPS) is 10.4. The average Bonchev–Trinajstić information content (AvgIpc) is 2.32. The Morgan fingerprint density at radius 1 is 1.06 bits per heavy atom. The lowest BCUT2D eigenvalue weighted by atomic mass is 10.0. The molecule has 0 radical (unpaired) electrons. The second-order valence-corrected chi connectivity index (χ2v) is 5.42. The van der Waals surface area contributed by atoms with Crippen LogP contribution in [0, 0.1) is 0 Å². The molecule has 0 saturated heterocycles. The molecule has 0 heterocycles. The van der Waals surface area contributed by atoms with Crippen molar-refractivity contribution in [2.45, 2.75) is 39.5 Å². The van der Waals surface area contributed by atoms with Crippen molar-refractivity contribution in [3.05, 3.63) is 32.8 Å². The minimum absolute atomic E-state index is 0.0118. The summed E-state index contributed by atoms with van der Waals surface area (Å²) in [7, 11) is 0. The van der Waals surface area contributed by atoms with Gasteiger partial charge in [0.1, 0.15) is 0 Å². The highest BCUT2D eigenvalue weighted by Crippen LogP contribution is 2.28. The molecule has 0 amide bonds. The Bertz CT molecular complexity index is 425. The van der Waals surface area contributed by atoms with Crippen molar-refractivity contribution in [3.8, 4) is 0 Å². The van der Waals surface area contributed by atoms with Gasteiger partial charge in [0, 0.05) is 28.4 Å². The molecule has 1 rings (SSSR count). The third-order valence-electron chi connectivity index (χ3n) is 2.61. The fourth-order valence-electron chi connectivity index (χ4n) is 1.70. The van der Waals surface area contributed by atoms with Gasteiger partial charge in [0.15, 0.2) is 11.6 Å². The third-order valence-corrected chi connectivity index (χ3v) is 3.58. The van der Waals surface area contributed by atoms with Crippen molar-refractivity contribution in [1.82, 2.24) is 0 Å². The highest BCUT2D eigenvalue weighted by molar-refractivity contribution is 9.10. The molecule has 18 heavy (non-hydrogen) atoms. The number of rotatable bonds is 6. The molecule has 0 aliphatic rings. The summed E-state index contributed by atoms with van der Waals surface area (Å²) in [5.41, 5.74) is 1.04. The molecule has 2 nitrogen and oxygen atoms in total. The summed E-state index contributed by atoms with van der Waals surface area (Å²) in [5.74, 6) is 0.0541. The van der Waals surface area contributed by atoms with E-state index in [2.05, 4.69) is 15.9 Å². The van der Waals surface area contributed by atoms with Crippen LogP contribution >= 0.6 is 27.5 Å². The van der Waals surface area contributed by atoms with Crippen molar-refractivity contribution in [2.24, 2.45) is 0 Å². The average molecular weight is 332 g/mol. The summed E-state index contributed by atoms with van der Waals surface area (Å²) in [6.07, 6.45) is 2.52. The van der Waals surface area contributed by atoms with E-state index in [1.807, 2.05) is 13.8 Å². The van der Waals surface area contributed by atoms with Gasteiger partial charge >= 0.3 is 0 Å². The summed E-state index contributed by atoms with van der Waals surface area (Å²) in [6.45, 7) is 3.90. The van der Waals surface area contributed by atoms with E-state index in [1.54, 1.807) is 12.1 Å². The monoisotopic (exact) mass is 330 g/mol. The first-order valence-electron chi connectivity index (χ1n) is 6.06. The quantitative estimate of drug-likeness (QED) is 0.682. The van der Waals surface area contributed by atoms with E-state index < -0.39 is 0 Å². The first-order valence-corrected chi connectivity index (χ1v) is 7.23. The Hall–Kier alpha value is -0.670. The lowest BCUT2D eigenvalue weighted by Gasteiger charge is -2.08. The summed E-state index contributed by atoms with van der Waals surface area (Å²) in [4.78, 5) is 23.7. The van der Waals surface area contributed by atoms with Crippen molar-refractivity contribution < 1.29 is 9.59 Å². The lowest BCUT2D eigenvalue weighted by Crippen LogP contribution is -2.04. The maximum absolute atomic E-state index is 11.9. The number of benzene rings is 1. The fraction of sp³-hybridized carbons (Fsp3) is 0.429. The van der Waals surface area contributed by atoms with Gasteiger partial charge in [-0.25, -0.2) is 0 Å². The number of ketones is 2. The zero-order valence-electron chi connectivity index (χ0n) is 10.6. The number of carbonyl (C=O) groups is 2. The molecule has 0 aromatic heterocycles. The Labute approximate surface area is 121 Å². The van der Waals surface area contributed by atoms with Crippen molar-refractivity contribution in [3.63, 3.8) is 0 Å². The van der Waals surface area contributed by atoms with Crippen molar-refractivity contribution >= 4 is 39.1 Å². The predicted octanol–water partition coefficient (Wildman–Crippen LogP) is 5.07. The summed E-state index contributed by atoms with van der Waals surface area (Å²) >= 11 is 9.42. The first kappa shape index (κ1) is 15.4. The molecular formula is C14H16BrClO2. The third kappa shape index (κ3) is 3.66.